The zero-order valence-electron chi connectivity index (χ0n) is 25.5. The Labute approximate surface area is 254 Å². The summed E-state index contributed by atoms with van der Waals surface area (Å²) in [5.41, 5.74) is 6.97. The highest BCUT2D eigenvalue weighted by molar-refractivity contribution is 5.94. The van der Waals surface area contributed by atoms with Crippen LogP contribution in [-0.2, 0) is 33.3 Å². The van der Waals surface area contributed by atoms with E-state index in [9.17, 15) is 19.2 Å². The number of benzene rings is 1. The van der Waals surface area contributed by atoms with Gasteiger partial charge in [-0.1, -0.05) is 6.92 Å². The second kappa shape index (κ2) is 25.2. The van der Waals surface area contributed by atoms with Crippen LogP contribution in [0, 0.1) is 0 Å². The van der Waals surface area contributed by atoms with Crippen molar-refractivity contribution in [1.29, 1.82) is 0 Å². The van der Waals surface area contributed by atoms with Crippen molar-refractivity contribution < 1.29 is 38.1 Å². The minimum Gasteiger partial charge on any atom is -0.385 e. The van der Waals surface area contributed by atoms with Gasteiger partial charge in [-0.05, 0) is 57.0 Å². The van der Waals surface area contributed by atoms with Crippen molar-refractivity contribution in [3.8, 4) is 0 Å². The minimum atomic E-state index is -0.829. The molecule has 0 unspecified atom stereocenters. The van der Waals surface area contributed by atoms with E-state index in [4.69, 9.17) is 24.7 Å². The van der Waals surface area contributed by atoms with E-state index >= 15 is 0 Å². The van der Waals surface area contributed by atoms with Gasteiger partial charge < -0.3 is 51.3 Å². The largest absolute Gasteiger partial charge is 0.385 e. The van der Waals surface area contributed by atoms with Gasteiger partial charge in [-0.15, -0.1) is 0 Å². The number of likely N-dealkylation sites (N-methyl/N-ethyl adjacent to an activating group) is 1. The van der Waals surface area contributed by atoms with Gasteiger partial charge in [-0.3, -0.25) is 19.2 Å². The third-order valence-corrected chi connectivity index (χ3v) is 5.89. The van der Waals surface area contributed by atoms with Crippen molar-refractivity contribution in [2.75, 3.05) is 91.4 Å². The maximum atomic E-state index is 12.3. The number of hydrogen-bond donors (Lipinski definition) is 6. The molecule has 1 aromatic rings. The highest BCUT2D eigenvalue weighted by Gasteiger charge is 2.17. The Balaban J connectivity index is 2.06. The van der Waals surface area contributed by atoms with Crippen LogP contribution in [-0.4, -0.2) is 116 Å². The SMILES string of the molecule is CCCNc1ccc(C(=O)NCCCC[C@H](NC(=O)COCCOCCNC(=O)COCCOCCNC)C(N)=O)cc1. The first-order valence-electron chi connectivity index (χ1n) is 14.8. The number of carbonyl (C=O) groups is 4. The molecule has 0 saturated carbocycles. The monoisotopic (exact) mass is 610 g/mol. The van der Waals surface area contributed by atoms with Crippen LogP contribution in [0.4, 0.5) is 5.69 Å². The lowest BCUT2D eigenvalue weighted by atomic mass is 10.1. The molecule has 0 heterocycles. The van der Waals surface area contributed by atoms with Crippen LogP contribution in [0.15, 0.2) is 24.3 Å². The van der Waals surface area contributed by atoms with Crippen LogP contribution < -0.4 is 32.3 Å². The number of hydrogen-bond acceptors (Lipinski definition) is 10. The second-order valence-electron chi connectivity index (χ2n) is 9.56. The molecule has 14 heteroatoms. The van der Waals surface area contributed by atoms with Crippen LogP contribution in [0.5, 0.6) is 0 Å². The number of nitrogens with one attached hydrogen (secondary N) is 5. The van der Waals surface area contributed by atoms with Crippen molar-refractivity contribution in [2.45, 2.75) is 38.6 Å². The fourth-order valence-electron chi connectivity index (χ4n) is 3.57. The fraction of sp³-hybridized carbons (Fsp3) is 0.655. The van der Waals surface area contributed by atoms with E-state index in [0.29, 0.717) is 57.7 Å². The topological polar surface area (TPSA) is 191 Å². The number of carbonyl (C=O) groups excluding carboxylic acids is 4. The Hall–Kier alpha value is -3.30. The molecule has 0 bridgehead atoms. The van der Waals surface area contributed by atoms with Gasteiger partial charge in [0.05, 0.1) is 39.6 Å². The molecule has 0 aliphatic carbocycles. The lowest BCUT2D eigenvalue weighted by molar-refractivity contribution is -0.131. The molecular formula is C29H50N6O8. The smallest absolute Gasteiger partial charge is 0.251 e. The molecule has 0 radical (unpaired) electrons. The summed E-state index contributed by atoms with van der Waals surface area (Å²) in [4.78, 5) is 47.9. The Morgan fingerprint density at radius 1 is 0.744 bits per heavy atom. The van der Waals surface area contributed by atoms with Crippen LogP contribution in [0.25, 0.3) is 0 Å². The van der Waals surface area contributed by atoms with E-state index in [-0.39, 0.29) is 44.8 Å². The van der Waals surface area contributed by atoms with Crippen molar-refractivity contribution in [3.63, 3.8) is 0 Å². The summed E-state index contributed by atoms with van der Waals surface area (Å²) in [5, 5.41) is 14.3. The van der Waals surface area contributed by atoms with Crippen molar-refractivity contribution >= 4 is 29.3 Å². The lowest BCUT2D eigenvalue weighted by Crippen LogP contribution is -2.45. The first-order valence-corrected chi connectivity index (χ1v) is 14.8. The first kappa shape index (κ1) is 37.7. The number of amides is 4. The predicted molar refractivity (Wildman–Crippen MR) is 163 cm³/mol. The Bertz CT molecular complexity index is 919. The summed E-state index contributed by atoms with van der Waals surface area (Å²) in [6, 6.07) is 6.45. The Morgan fingerprint density at radius 3 is 2.00 bits per heavy atom. The minimum absolute atomic E-state index is 0.0527. The zero-order chi connectivity index (χ0) is 31.5. The van der Waals surface area contributed by atoms with Crippen LogP contribution in [0.1, 0.15) is 43.0 Å². The van der Waals surface area contributed by atoms with Gasteiger partial charge in [0, 0.05) is 37.4 Å². The average Bonchev–Trinajstić information content (AvgIpc) is 3.00. The Morgan fingerprint density at radius 2 is 1.37 bits per heavy atom. The van der Waals surface area contributed by atoms with Crippen LogP contribution in [0.2, 0.25) is 0 Å². The van der Waals surface area contributed by atoms with E-state index in [2.05, 4.69) is 33.5 Å². The molecule has 7 N–H and O–H groups in total. The lowest BCUT2D eigenvalue weighted by Gasteiger charge is -2.15. The highest BCUT2D eigenvalue weighted by atomic mass is 16.5. The van der Waals surface area contributed by atoms with E-state index in [1.807, 2.05) is 19.2 Å². The van der Waals surface area contributed by atoms with Crippen molar-refractivity contribution in [3.05, 3.63) is 29.8 Å². The molecule has 14 nitrogen and oxygen atoms in total. The van der Waals surface area contributed by atoms with Gasteiger partial charge in [-0.2, -0.15) is 0 Å². The number of nitrogens with two attached hydrogens (primary N) is 1. The molecule has 0 aliphatic heterocycles. The quantitative estimate of drug-likeness (QED) is 0.0726. The van der Waals surface area contributed by atoms with E-state index in [1.165, 1.54) is 0 Å². The standard InChI is InChI=1S/C29H50N6O8/c1-3-11-32-24-9-7-23(8-10-24)29(39)34-12-5-4-6-25(28(30)38)35-27(37)22-43-20-18-41-16-14-33-26(36)21-42-19-17-40-15-13-31-2/h7-10,25,31-32H,3-6,11-22H2,1-2H3,(H2,30,38)(H,33,36)(H,34,39)(H,35,37)/t25-/m0/s1. The van der Waals surface area contributed by atoms with Crippen LogP contribution >= 0.6 is 0 Å². The molecule has 4 amide bonds. The number of rotatable bonds is 27. The zero-order valence-corrected chi connectivity index (χ0v) is 25.5. The number of ether oxygens (including phenoxy) is 4. The second-order valence-corrected chi connectivity index (χ2v) is 9.56. The maximum Gasteiger partial charge on any atom is 0.251 e. The summed E-state index contributed by atoms with van der Waals surface area (Å²) >= 11 is 0. The molecule has 1 atom stereocenters. The third kappa shape index (κ3) is 20.3. The van der Waals surface area contributed by atoms with Crippen molar-refractivity contribution in [1.82, 2.24) is 21.3 Å². The summed E-state index contributed by atoms with van der Waals surface area (Å²) < 4.78 is 21.1. The van der Waals surface area contributed by atoms with Gasteiger partial charge in [0.1, 0.15) is 19.3 Å². The average molecular weight is 611 g/mol. The van der Waals surface area contributed by atoms with Gasteiger partial charge in [0.25, 0.3) is 5.91 Å². The molecule has 1 aromatic carbocycles. The van der Waals surface area contributed by atoms with Gasteiger partial charge >= 0.3 is 0 Å². The summed E-state index contributed by atoms with van der Waals surface area (Å²) in [7, 11) is 1.84. The molecule has 0 aromatic heterocycles. The van der Waals surface area contributed by atoms with E-state index in [1.54, 1.807) is 12.1 Å². The normalized spacial score (nSPS) is 11.5. The Kier molecular flexibility index (Phi) is 22.1. The van der Waals surface area contributed by atoms with Gasteiger partial charge in [0.2, 0.25) is 17.7 Å². The van der Waals surface area contributed by atoms with Crippen molar-refractivity contribution in [2.24, 2.45) is 5.73 Å². The molecule has 1 rings (SSSR count). The highest BCUT2D eigenvalue weighted by Crippen LogP contribution is 2.09. The summed E-state index contributed by atoms with van der Waals surface area (Å²) in [6.07, 6.45) is 2.56. The maximum absolute atomic E-state index is 12.3. The van der Waals surface area contributed by atoms with Crippen LogP contribution in [0.3, 0.4) is 0 Å². The predicted octanol–water partition coefficient (Wildman–Crippen LogP) is -0.219. The molecule has 0 spiro atoms. The molecule has 0 aliphatic rings. The molecule has 244 valence electrons. The summed E-state index contributed by atoms with van der Waals surface area (Å²) in [6.45, 7) is 6.18. The number of unbranched alkanes of at least 4 members (excludes halogenated alkanes) is 1. The number of anilines is 1. The fourth-order valence-corrected chi connectivity index (χ4v) is 3.57. The van der Waals surface area contributed by atoms with E-state index in [0.717, 1.165) is 25.2 Å². The third-order valence-electron chi connectivity index (χ3n) is 5.89. The van der Waals surface area contributed by atoms with Gasteiger partial charge in [0.15, 0.2) is 0 Å². The first-order chi connectivity index (χ1) is 20.9. The molecular weight excluding hydrogens is 560 g/mol. The molecule has 0 fully saturated rings. The number of primary amides is 1. The van der Waals surface area contributed by atoms with E-state index < -0.39 is 17.9 Å². The molecule has 43 heavy (non-hydrogen) atoms. The summed E-state index contributed by atoms with van der Waals surface area (Å²) in [5.74, 6) is -1.52. The molecule has 0 saturated heterocycles. The van der Waals surface area contributed by atoms with Gasteiger partial charge in [-0.25, -0.2) is 0 Å².